The van der Waals surface area contributed by atoms with Gasteiger partial charge in [-0.25, -0.2) is 15.0 Å². The lowest BCUT2D eigenvalue weighted by atomic mass is 10.3. The summed E-state index contributed by atoms with van der Waals surface area (Å²) in [5.41, 5.74) is -2.84. The van der Waals surface area contributed by atoms with Crippen molar-refractivity contribution in [1.29, 1.82) is 0 Å². The second-order valence-corrected chi connectivity index (χ2v) is 5.03. The Bertz CT molecular complexity index is 701. The van der Waals surface area contributed by atoms with Gasteiger partial charge in [-0.2, -0.15) is 26.3 Å². The predicted octanol–water partition coefficient (Wildman–Crippen LogP) is 3.21. The zero-order valence-corrected chi connectivity index (χ0v) is 12.9. The van der Waals surface area contributed by atoms with Gasteiger partial charge in [-0.1, -0.05) is 13.8 Å². The maximum Gasteiger partial charge on any atom is 0.451 e. The van der Waals surface area contributed by atoms with Crippen LogP contribution < -0.4 is 0 Å². The first-order valence-electron chi connectivity index (χ1n) is 7.17. The van der Waals surface area contributed by atoms with E-state index in [9.17, 15) is 26.3 Å². The molecule has 0 unspecified atom stereocenters. The van der Waals surface area contributed by atoms with Crippen LogP contribution in [0.3, 0.4) is 0 Å². The number of nitrogens with zero attached hydrogens (tertiary/aromatic N) is 5. The third-order valence-corrected chi connectivity index (χ3v) is 3.54. The smallest absolute Gasteiger partial charge is 0.314 e. The number of hydrogen-bond acceptors (Lipinski definition) is 4. The largest absolute Gasteiger partial charge is 0.451 e. The fraction of sp³-hybridized carbons (Fsp3) is 0.615. The van der Waals surface area contributed by atoms with Crippen LogP contribution in [0.2, 0.25) is 0 Å². The van der Waals surface area contributed by atoms with Gasteiger partial charge in [0.25, 0.3) is 0 Å². The van der Waals surface area contributed by atoms with Crippen molar-refractivity contribution in [3.05, 3.63) is 17.8 Å². The van der Waals surface area contributed by atoms with Crippen LogP contribution in [0.5, 0.6) is 0 Å². The Kier molecular flexibility index (Phi) is 5.02. The lowest BCUT2D eigenvalue weighted by molar-refractivity contribution is -0.151. The molecule has 0 aliphatic carbocycles. The van der Waals surface area contributed by atoms with Crippen LogP contribution in [0.15, 0.2) is 6.33 Å². The molecule has 0 aliphatic heterocycles. The number of hydrogen-bond donors (Lipinski definition) is 0. The molecule has 0 amide bonds. The SMILES string of the molecule is CCN(CC)CCn1cnc2c(C(F)(F)F)nc(C(F)(F)F)nc21. The molecule has 2 rings (SSSR count). The molecule has 0 radical (unpaired) electrons. The molecule has 0 fully saturated rings. The Labute approximate surface area is 133 Å². The van der Waals surface area contributed by atoms with E-state index < -0.39 is 35.0 Å². The first kappa shape index (κ1) is 18.4. The summed E-state index contributed by atoms with van der Waals surface area (Å²) < 4.78 is 78.6. The Morgan fingerprint density at radius 1 is 1.00 bits per heavy atom. The molecule has 2 aromatic heterocycles. The van der Waals surface area contributed by atoms with Gasteiger partial charge in [0.2, 0.25) is 5.82 Å². The summed E-state index contributed by atoms with van der Waals surface area (Å²) in [7, 11) is 0. The molecule has 5 nitrogen and oxygen atoms in total. The van der Waals surface area contributed by atoms with Gasteiger partial charge in [-0.05, 0) is 13.1 Å². The third kappa shape index (κ3) is 3.77. The highest BCUT2D eigenvalue weighted by atomic mass is 19.4. The number of halogens is 6. The molecule has 0 atom stereocenters. The van der Waals surface area contributed by atoms with Crippen LogP contribution >= 0.6 is 0 Å². The number of fused-ring (bicyclic) bond motifs is 1. The van der Waals surface area contributed by atoms with Gasteiger partial charge in [0.05, 0.1) is 6.33 Å². The second-order valence-electron chi connectivity index (χ2n) is 5.03. The summed E-state index contributed by atoms with van der Waals surface area (Å²) in [5.74, 6) is -1.83. The van der Waals surface area contributed by atoms with Gasteiger partial charge < -0.3 is 9.47 Å². The standard InChI is InChI=1S/C13H15F6N5/c1-3-23(4-2)5-6-24-7-20-8-9(12(14,15)16)21-11(13(17,18)19)22-10(8)24/h7H,3-6H2,1-2H3. The van der Waals surface area contributed by atoms with Crippen LogP contribution in [0.4, 0.5) is 26.3 Å². The van der Waals surface area contributed by atoms with Crippen LogP contribution in [0.25, 0.3) is 11.2 Å². The highest BCUT2D eigenvalue weighted by Gasteiger charge is 2.42. The Hall–Kier alpha value is -1.91. The van der Waals surface area contributed by atoms with E-state index in [-0.39, 0.29) is 6.54 Å². The zero-order valence-electron chi connectivity index (χ0n) is 12.9. The summed E-state index contributed by atoms with van der Waals surface area (Å²) in [6.45, 7) is 5.84. The van der Waals surface area contributed by atoms with E-state index in [1.165, 1.54) is 4.57 Å². The molecule has 2 heterocycles. The first-order valence-corrected chi connectivity index (χ1v) is 7.17. The van der Waals surface area contributed by atoms with Crippen molar-refractivity contribution in [2.24, 2.45) is 0 Å². The summed E-state index contributed by atoms with van der Waals surface area (Å²) in [6.07, 6.45) is -9.08. The van der Waals surface area contributed by atoms with E-state index >= 15 is 0 Å². The highest BCUT2D eigenvalue weighted by Crippen LogP contribution is 2.35. The van der Waals surface area contributed by atoms with Crippen LogP contribution in [-0.4, -0.2) is 44.1 Å². The number of rotatable bonds is 5. The van der Waals surface area contributed by atoms with Crippen molar-refractivity contribution in [1.82, 2.24) is 24.4 Å². The first-order chi connectivity index (χ1) is 11.1. The molecule has 0 aliphatic rings. The molecule has 11 heteroatoms. The van der Waals surface area contributed by atoms with Crippen molar-refractivity contribution < 1.29 is 26.3 Å². The molecule has 0 N–H and O–H groups in total. The average molecular weight is 355 g/mol. The summed E-state index contributed by atoms with van der Waals surface area (Å²) >= 11 is 0. The van der Waals surface area contributed by atoms with Gasteiger partial charge in [-0.15, -0.1) is 0 Å². The number of aromatic nitrogens is 4. The lowest BCUT2D eigenvalue weighted by Gasteiger charge is -2.18. The molecule has 0 saturated heterocycles. The molecule has 24 heavy (non-hydrogen) atoms. The van der Waals surface area contributed by atoms with Gasteiger partial charge in [0.1, 0.15) is 5.52 Å². The third-order valence-electron chi connectivity index (χ3n) is 3.54. The fourth-order valence-electron chi connectivity index (χ4n) is 2.22. The quantitative estimate of drug-likeness (QED) is 0.773. The van der Waals surface area contributed by atoms with Crippen molar-refractivity contribution in [2.45, 2.75) is 32.7 Å². The average Bonchev–Trinajstić information content (AvgIpc) is 2.88. The Morgan fingerprint density at radius 2 is 1.62 bits per heavy atom. The molecule has 0 bridgehead atoms. The van der Waals surface area contributed by atoms with Crippen LogP contribution in [-0.2, 0) is 18.9 Å². The molecule has 134 valence electrons. The fourth-order valence-corrected chi connectivity index (χ4v) is 2.22. The van der Waals surface area contributed by atoms with Crippen molar-refractivity contribution in [3.63, 3.8) is 0 Å². The lowest BCUT2D eigenvalue weighted by Crippen LogP contribution is -2.27. The topological polar surface area (TPSA) is 46.8 Å². The minimum Gasteiger partial charge on any atom is -0.314 e. The summed E-state index contributed by atoms with van der Waals surface area (Å²) in [4.78, 5) is 11.4. The maximum atomic E-state index is 13.0. The predicted molar refractivity (Wildman–Crippen MR) is 73.1 cm³/mol. The van der Waals surface area contributed by atoms with Gasteiger partial charge in [-0.3, -0.25) is 0 Å². The summed E-state index contributed by atoms with van der Waals surface area (Å²) in [5, 5.41) is 0. The number of alkyl halides is 6. The van der Waals surface area contributed by atoms with Crippen molar-refractivity contribution in [3.8, 4) is 0 Å². The van der Waals surface area contributed by atoms with Crippen LogP contribution in [0, 0.1) is 0 Å². The monoisotopic (exact) mass is 355 g/mol. The Morgan fingerprint density at radius 3 is 2.12 bits per heavy atom. The highest BCUT2D eigenvalue weighted by molar-refractivity contribution is 5.74. The number of imidazole rings is 1. The normalized spacial score (nSPS) is 13.2. The molecule has 2 aromatic rings. The van der Waals surface area contributed by atoms with E-state index in [4.69, 9.17) is 0 Å². The van der Waals surface area contributed by atoms with Crippen LogP contribution in [0.1, 0.15) is 25.4 Å². The van der Waals surface area contributed by atoms with E-state index in [1.807, 2.05) is 18.7 Å². The zero-order chi connectivity index (χ0) is 18.1. The minimum atomic E-state index is -5.08. The molecule has 0 saturated carbocycles. The van der Waals surface area contributed by atoms with Gasteiger partial charge >= 0.3 is 12.4 Å². The van der Waals surface area contributed by atoms with E-state index in [1.54, 1.807) is 0 Å². The van der Waals surface area contributed by atoms with Gasteiger partial charge in [0, 0.05) is 13.1 Å². The second kappa shape index (κ2) is 6.54. The van der Waals surface area contributed by atoms with E-state index in [2.05, 4.69) is 15.0 Å². The maximum absolute atomic E-state index is 13.0. The molecular weight excluding hydrogens is 340 g/mol. The van der Waals surface area contributed by atoms with Crippen molar-refractivity contribution >= 4 is 11.2 Å². The number of likely N-dealkylation sites (N-methyl/N-ethyl adjacent to an activating group) is 1. The minimum absolute atomic E-state index is 0.170. The summed E-state index contributed by atoms with van der Waals surface area (Å²) in [6, 6.07) is 0. The van der Waals surface area contributed by atoms with E-state index in [0.29, 0.717) is 19.6 Å². The molecule has 0 aromatic carbocycles. The van der Waals surface area contributed by atoms with Crippen molar-refractivity contribution in [2.75, 3.05) is 19.6 Å². The molecule has 0 spiro atoms. The van der Waals surface area contributed by atoms with Gasteiger partial charge in [0.15, 0.2) is 11.3 Å². The molecular formula is C13H15F6N5. The van der Waals surface area contributed by atoms with E-state index in [0.717, 1.165) is 6.33 Å². The Balaban J connectivity index is 2.52.